The molecule has 22 heavy (non-hydrogen) atoms. The van der Waals surface area contributed by atoms with Gasteiger partial charge in [-0.15, -0.1) is 0 Å². The highest BCUT2D eigenvalue weighted by Crippen LogP contribution is 2.31. The van der Waals surface area contributed by atoms with Crippen molar-refractivity contribution in [3.05, 3.63) is 60.0 Å². The molecule has 4 nitrogen and oxygen atoms in total. The van der Waals surface area contributed by atoms with Gasteiger partial charge in [0, 0.05) is 24.3 Å². The second kappa shape index (κ2) is 5.89. The fraction of sp³-hybridized carbons (Fsp3) is 0.333. The van der Waals surface area contributed by atoms with Crippen LogP contribution in [0.2, 0.25) is 0 Å². The molecule has 1 atom stereocenters. The molecular weight excluding hydrogens is 272 g/mol. The number of benzene rings is 1. The van der Waals surface area contributed by atoms with Crippen LogP contribution in [0.25, 0.3) is 10.9 Å². The van der Waals surface area contributed by atoms with Crippen molar-refractivity contribution in [2.24, 2.45) is 0 Å². The Bertz CT molecular complexity index is 751. The molecule has 3 aromatic rings. The van der Waals surface area contributed by atoms with Crippen LogP contribution in [0.3, 0.4) is 0 Å². The summed E-state index contributed by atoms with van der Waals surface area (Å²) in [5.74, 6) is 0. The van der Waals surface area contributed by atoms with Crippen LogP contribution in [-0.4, -0.2) is 26.6 Å². The largest absolute Gasteiger partial charge is 0.291 e. The Kier molecular flexibility index (Phi) is 3.60. The van der Waals surface area contributed by atoms with Crippen LogP contribution in [-0.2, 0) is 6.54 Å². The average molecular weight is 292 g/mol. The predicted octanol–water partition coefficient (Wildman–Crippen LogP) is 3.69. The quantitative estimate of drug-likeness (QED) is 0.801. The molecule has 0 amide bonds. The van der Waals surface area contributed by atoms with Gasteiger partial charge in [-0.1, -0.05) is 18.6 Å². The third-order valence-electron chi connectivity index (χ3n) is 4.55. The average Bonchev–Trinajstić information content (AvgIpc) is 3.10. The summed E-state index contributed by atoms with van der Waals surface area (Å²) < 4.78 is 0. The maximum absolute atomic E-state index is 4.40. The summed E-state index contributed by atoms with van der Waals surface area (Å²) >= 11 is 0. The minimum absolute atomic E-state index is 0.459. The van der Waals surface area contributed by atoms with Crippen molar-refractivity contribution in [2.75, 3.05) is 6.54 Å². The van der Waals surface area contributed by atoms with Crippen molar-refractivity contribution in [3.8, 4) is 0 Å². The molecule has 1 aromatic carbocycles. The molecule has 1 saturated heterocycles. The summed E-state index contributed by atoms with van der Waals surface area (Å²) in [5, 5.41) is 8.49. The van der Waals surface area contributed by atoms with Crippen molar-refractivity contribution in [3.63, 3.8) is 0 Å². The van der Waals surface area contributed by atoms with E-state index < -0.39 is 0 Å². The number of nitrogens with one attached hydrogen (secondary N) is 1. The number of aromatic amines is 1. The Morgan fingerprint density at radius 1 is 1.14 bits per heavy atom. The van der Waals surface area contributed by atoms with Crippen LogP contribution >= 0.6 is 0 Å². The first kappa shape index (κ1) is 13.5. The lowest BCUT2D eigenvalue weighted by atomic mass is 9.98. The number of nitrogens with zero attached hydrogens (tertiary/aromatic N) is 3. The molecule has 0 saturated carbocycles. The van der Waals surface area contributed by atoms with Crippen LogP contribution in [0, 0.1) is 0 Å². The highest BCUT2D eigenvalue weighted by Gasteiger charge is 2.24. The zero-order chi connectivity index (χ0) is 14.8. The van der Waals surface area contributed by atoms with Gasteiger partial charge in [0.25, 0.3) is 0 Å². The second-order valence-corrected chi connectivity index (χ2v) is 6.02. The molecule has 1 aliphatic rings. The van der Waals surface area contributed by atoms with Gasteiger partial charge >= 0.3 is 0 Å². The highest BCUT2D eigenvalue weighted by atomic mass is 15.2. The second-order valence-electron chi connectivity index (χ2n) is 6.02. The topological polar surface area (TPSA) is 44.8 Å². The number of rotatable bonds is 3. The molecule has 0 bridgehead atoms. The SMILES string of the molecule is c1cnc2ccc(CN3CCCC[C@@H]3c3ccn[nH]3)cc2c1. The van der Waals surface area contributed by atoms with Crippen molar-refractivity contribution in [1.29, 1.82) is 0 Å². The normalized spacial score (nSPS) is 19.5. The minimum Gasteiger partial charge on any atom is -0.291 e. The Morgan fingerprint density at radius 2 is 2.14 bits per heavy atom. The van der Waals surface area contributed by atoms with Crippen molar-refractivity contribution >= 4 is 10.9 Å². The smallest absolute Gasteiger partial charge is 0.0702 e. The van der Waals surface area contributed by atoms with Crippen LogP contribution in [0.1, 0.15) is 36.6 Å². The van der Waals surface area contributed by atoms with Crippen LogP contribution in [0.15, 0.2) is 48.8 Å². The first-order chi connectivity index (χ1) is 10.9. The number of piperidine rings is 1. The molecule has 1 fully saturated rings. The number of hydrogen-bond donors (Lipinski definition) is 1. The van der Waals surface area contributed by atoms with Gasteiger partial charge in [0.1, 0.15) is 0 Å². The molecule has 4 heteroatoms. The number of H-pyrrole nitrogens is 1. The first-order valence-corrected chi connectivity index (χ1v) is 7.97. The van der Waals surface area contributed by atoms with E-state index in [9.17, 15) is 0 Å². The number of aromatic nitrogens is 3. The number of likely N-dealkylation sites (tertiary alicyclic amines) is 1. The molecule has 0 aliphatic carbocycles. The molecule has 0 spiro atoms. The van der Waals surface area contributed by atoms with Crippen molar-refractivity contribution < 1.29 is 0 Å². The Hall–Kier alpha value is -2.20. The van der Waals surface area contributed by atoms with E-state index in [1.807, 2.05) is 18.5 Å². The van der Waals surface area contributed by atoms with Gasteiger partial charge in [0.05, 0.1) is 17.3 Å². The van der Waals surface area contributed by atoms with E-state index in [2.05, 4.69) is 50.4 Å². The van der Waals surface area contributed by atoms with E-state index >= 15 is 0 Å². The van der Waals surface area contributed by atoms with E-state index in [0.29, 0.717) is 6.04 Å². The molecule has 1 N–H and O–H groups in total. The van der Waals surface area contributed by atoms with Crippen molar-refractivity contribution in [1.82, 2.24) is 20.1 Å². The zero-order valence-corrected chi connectivity index (χ0v) is 12.6. The third-order valence-corrected chi connectivity index (χ3v) is 4.55. The van der Waals surface area contributed by atoms with Gasteiger partial charge in [-0.3, -0.25) is 15.0 Å². The fourth-order valence-electron chi connectivity index (χ4n) is 3.44. The molecule has 0 radical (unpaired) electrons. The lowest BCUT2D eigenvalue weighted by Gasteiger charge is -2.35. The highest BCUT2D eigenvalue weighted by molar-refractivity contribution is 5.78. The lowest BCUT2D eigenvalue weighted by molar-refractivity contribution is 0.137. The molecule has 112 valence electrons. The summed E-state index contributed by atoms with van der Waals surface area (Å²) in [6.07, 6.45) is 7.48. The van der Waals surface area contributed by atoms with Crippen molar-refractivity contribution in [2.45, 2.75) is 31.8 Å². The maximum Gasteiger partial charge on any atom is 0.0702 e. The summed E-state index contributed by atoms with van der Waals surface area (Å²) in [7, 11) is 0. The molecule has 1 aliphatic heterocycles. The van der Waals surface area contributed by atoms with Gasteiger partial charge in [-0.05, 0) is 49.2 Å². The summed E-state index contributed by atoms with van der Waals surface area (Å²) in [5.41, 5.74) is 3.66. The minimum atomic E-state index is 0.459. The third kappa shape index (κ3) is 2.62. The zero-order valence-electron chi connectivity index (χ0n) is 12.6. The Balaban J connectivity index is 1.59. The van der Waals surface area contributed by atoms with E-state index in [0.717, 1.165) is 18.6 Å². The number of hydrogen-bond acceptors (Lipinski definition) is 3. The molecule has 0 unspecified atom stereocenters. The number of pyridine rings is 1. The van der Waals surface area contributed by atoms with Gasteiger partial charge in [-0.25, -0.2) is 0 Å². The predicted molar refractivity (Wildman–Crippen MR) is 87.3 cm³/mol. The van der Waals surface area contributed by atoms with Gasteiger partial charge < -0.3 is 0 Å². The summed E-state index contributed by atoms with van der Waals surface area (Å²) in [6, 6.07) is 13.3. The molecule has 4 rings (SSSR count). The fourth-order valence-corrected chi connectivity index (χ4v) is 3.44. The summed E-state index contributed by atoms with van der Waals surface area (Å²) in [4.78, 5) is 6.96. The van der Waals surface area contributed by atoms with Gasteiger partial charge in [0.15, 0.2) is 0 Å². The maximum atomic E-state index is 4.40. The van der Waals surface area contributed by atoms with Gasteiger partial charge in [-0.2, -0.15) is 5.10 Å². The van der Waals surface area contributed by atoms with Crippen LogP contribution < -0.4 is 0 Å². The summed E-state index contributed by atoms with van der Waals surface area (Å²) in [6.45, 7) is 2.13. The molecular formula is C18H20N4. The number of fused-ring (bicyclic) bond motifs is 1. The Labute approximate surface area is 130 Å². The molecule has 2 aromatic heterocycles. The van der Waals surface area contributed by atoms with Crippen LogP contribution in [0.4, 0.5) is 0 Å². The van der Waals surface area contributed by atoms with Crippen LogP contribution in [0.5, 0.6) is 0 Å². The standard InChI is InChI=1S/C18H20N4/c1-2-11-22(18(5-1)17-8-10-20-21-17)13-14-6-7-16-15(12-14)4-3-9-19-16/h3-4,6-10,12,18H,1-2,5,11,13H2,(H,20,21)/t18-/m1/s1. The molecule has 3 heterocycles. The monoisotopic (exact) mass is 292 g/mol. The first-order valence-electron chi connectivity index (χ1n) is 7.97. The Morgan fingerprint density at radius 3 is 3.05 bits per heavy atom. The van der Waals surface area contributed by atoms with E-state index in [4.69, 9.17) is 0 Å². The lowest BCUT2D eigenvalue weighted by Crippen LogP contribution is -2.33. The van der Waals surface area contributed by atoms with Gasteiger partial charge in [0.2, 0.25) is 0 Å². The van der Waals surface area contributed by atoms with E-state index in [1.165, 1.54) is 35.9 Å². The van der Waals surface area contributed by atoms with E-state index in [-0.39, 0.29) is 0 Å². The van der Waals surface area contributed by atoms with E-state index in [1.54, 1.807) is 0 Å².